The Balaban J connectivity index is 2.03. The molecule has 112 valence electrons. The Labute approximate surface area is 124 Å². The highest BCUT2D eigenvalue weighted by atomic mass is 15.1. The third-order valence-corrected chi connectivity index (χ3v) is 4.96. The molecule has 3 unspecified atom stereocenters. The average Bonchev–Trinajstić information content (AvgIpc) is 2.52. The average molecular weight is 274 g/mol. The number of nitrogens with zero attached hydrogens (tertiary/aromatic N) is 1. The molecule has 0 spiro atoms. The van der Waals surface area contributed by atoms with Gasteiger partial charge in [0.2, 0.25) is 0 Å². The third kappa shape index (κ3) is 3.83. The molecule has 0 aromatic heterocycles. The molecule has 1 aliphatic carbocycles. The topological polar surface area (TPSA) is 29.3 Å². The van der Waals surface area contributed by atoms with E-state index in [-0.39, 0.29) is 0 Å². The second-order valence-corrected chi connectivity index (χ2v) is 6.32. The molecule has 0 bridgehead atoms. The second-order valence-electron chi connectivity index (χ2n) is 6.32. The van der Waals surface area contributed by atoms with Crippen LogP contribution in [0.4, 0.5) is 0 Å². The second kappa shape index (κ2) is 7.80. The monoisotopic (exact) mass is 274 g/mol. The van der Waals surface area contributed by atoms with Crippen molar-refractivity contribution in [1.82, 2.24) is 4.90 Å². The lowest BCUT2D eigenvalue weighted by Crippen LogP contribution is -2.45. The van der Waals surface area contributed by atoms with Crippen molar-refractivity contribution in [2.75, 3.05) is 20.1 Å². The molecule has 0 heterocycles. The Morgan fingerprint density at radius 1 is 1.20 bits per heavy atom. The van der Waals surface area contributed by atoms with E-state index < -0.39 is 0 Å². The smallest absolute Gasteiger partial charge is 0.0138 e. The van der Waals surface area contributed by atoms with Crippen LogP contribution in [0.2, 0.25) is 0 Å². The number of nitrogens with two attached hydrogens (primary N) is 1. The van der Waals surface area contributed by atoms with Crippen LogP contribution in [0.1, 0.15) is 50.5 Å². The minimum Gasteiger partial charge on any atom is -0.330 e. The summed E-state index contributed by atoms with van der Waals surface area (Å²) in [7, 11) is 2.29. The number of unbranched alkanes of at least 4 members (excludes halogenated alkanes) is 1. The lowest BCUT2D eigenvalue weighted by molar-refractivity contribution is 0.121. The van der Waals surface area contributed by atoms with Crippen LogP contribution in [0.3, 0.4) is 0 Å². The minimum absolute atomic E-state index is 0.658. The van der Waals surface area contributed by atoms with E-state index in [0.717, 1.165) is 6.54 Å². The van der Waals surface area contributed by atoms with E-state index in [4.69, 9.17) is 5.73 Å². The summed E-state index contributed by atoms with van der Waals surface area (Å²) in [6.45, 7) is 4.31. The molecule has 2 heteroatoms. The Kier molecular flexibility index (Phi) is 6.06. The Hall–Kier alpha value is -0.860. The van der Waals surface area contributed by atoms with Crippen molar-refractivity contribution in [3.05, 3.63) is 35.9 Å². The van der Waals surface area contributed by atoms with Crippen LogP contribution in [0.5, 0.6) is 0 Å². The molecule has 0 aliphatic heterocycles. The van der Waals surface area contributed by atoms with Crippen LogP contribution >= 0.6 is 0 Å². The predicted molar refractivity (Wildman–Crippen MR) is 86.9 cm³/mol. The van der Waals surface area contributed by atoms with Gasteiger partial charge in [0.25, 0.3) is 0 Å². The van der Waals surface area contributed by atoms with Crippen LogP contribution in [-0.2, 0) is 0 Å². The van der Waals surface area contributed by atoms with E-state index in [1.165, 1.54) is 44.2 Å². The van der Waals surface area contributed by atoms with E-state index in [1.54, 1.807) is 0 Å². The van der Waals surface area contributed by atoms with E-state index >= 15 is 0 Å². The van der Waals surface area contributed by atoms with Gasteiger partial charge in [-0.25, -0.2) is 0 Å². The first kappa shape index (κ1) is 15.5. The zero-order chi connectivity index (χ0) is 14.4. The van der Waals surface area contributed by atoms with Crippen LogP contribution in [0.25, 0.3) is 0 Å². The molecule has 1 saturated carbocycles. The first-order valence-corrected chi connectivity index (χ1v) is 8.21. The summed E-state index contributed by atoms with van der Waals surface area (Å²) < 4.78 is 0. The van der Waals surface area contributed by atoms with Crippen molar-refractivity contribution < 1.29 is 0 Å². The summed E-state index contributed by atoms with van der Waals surface area (Å²) in [5.74, 6) is 1.39. The standard InChI is InChI=1S/C18H30N2/c1-3-4-12-20(2)18-13-16(10-11-17(18)14-19)15-8-6-5-7-9-15/h5-9,16-18H,3-4,10-14,19H2,1-2H3. The lowest BCUT2D eigenvalue weighted by Gasteiger charge is -2.41. The van der Waals surface area contributed by atoms with Gasteiger partial charge in [0.05, 0.1) is 0 Å². The summed E-state index contributed by atoms with van der Waals surface area (Å²) in [5, 5.41) is 0. The van der Waals surface area contributed by atoms with Crippen LogP contribution < -0.4 is 5.73 Å². The molecule has 0 amide bonds. The highest BCUT2D eigenvalue weighted by molar-refractivity contribution is 5.20. The molecule has 1 aromatic rings. The summed E-state index contributed by atoms with van der Waals surface area (Å²) >= 11 is 0. The fourth-order valence-corrected chi connectivity index (χ4v) is 3.63. The fraction of sp³-hybridized carbons (Fsp3) is 0.667. The Bertz CT molecular complexity index is 376. The van der Waals surface area contributed by atoms with E-state index in [2.05, 4.69) is 49.2 Å². The first-order valence-electron chi connectivity index (χ1n) is 8.21. The highest BCUT2D eigenvalue weighted by Gasteiger charge is 2.32. The summed E-state index contributed by atoms with van der Waals surface area (Å²) in [4.78, 5) is 2.57. The van der Waals surface area contributed by atoms with Gasteiger partial charge in [-0.15, -0.1) is 0 Å². The molecule has 1 aliphatic rings. The molecule has 0 radical (unpaired) electrons. The molecule has 2 rings (SSSR count). The van der Waals surface area contributed by atoms with E-state index in [9.17, 15) is 0 Å². The number of hydrogen-bond donors (Lipinski definition) is 1. The third-order valence-electron chi connectivity index (χ3n) is 4.96. The Morgan fingerprint density at radius 2 is 1.95 bits per heavy atom. The Morgan fingerprint density at radius 3 is 2.60 bits per heavy atom. The zero-order valence-corrected chi connectivity index (χ0v) is 13.1. The van der Waals surface area contributed by atoms with Gasteiger partial charge in [-0.2, -0.15) is 0 Å². The van der Waals surface area contributed by atoms with E-state index in [0.29, 0.717) is 17.9 Å². The first-order chi connectivity index (χ1) is 9.76. The maximum atomic E-state index is 6.02. The van der Waals surface area contributed by atoms with Crippen molar-refractivity contribution in [3.8, 4) is 0 Å². The maximum absolute atomic E-state index is 6.02. The highest BCUT2D eigenvalue weighted by Crippen LogP contribution is 2.37. The number of benzene rings is 1. The number of hydrogen-bond acceptors (Lipinski definition) is 2. The molecular weight excluding hydrogens is 244 g/mol. The van der Waals surface area contributed by atoms with Gasteiger partial charge in [-0.1, -0.05) is 43.7 Å². The molecule has 2 N–H and O–H groups in total. The minimum atomic E-state index is 0.658. The molecule has 0 saturated heterocycles. The van der Waals surface area contributed by atoms with E-state index in [1.807, 2.05) is 0 Å². The number of rotatable bonds is 6. The zero-order valence-electron chi connectivity index (χ0n) is 13.1. The van der Waals surface area contributed by atoms with Gasteiger partial charge >= 0.3 is 0 Å². The molecule has 20 heavy (non-hydrogen) atoms. The normalized spacial score (nSPS) is 26.9. The summed E-state index contributed by atoms with van der Waals surface area (Å²) in [6.07, 6.45) is 6.40. The van der Waals surface area contributed by atoms with Crippen molar-refractivity contribution in [3.63, 3.8) is 0 Å². The van der Waals surface area contributed by atoms with Gasteiger partial charge in [0.1, 0.15) is 0 Å². The van der Waals surface area contributed by atoms with Gasteiger partial charge < -0.3 is 10.6 Å². The van der Waals surface area contributed by atoms with Crippen LogP contribution in [0.15, 0.2) is 30.3 Å². The maximum Gasteiger partial charge on any atom is 0.0138 e. The van der Waals surface area contributed by atoms with Gasteiger partial charge in [0.15, 0.2) is 0 Å². The quantitative estimate of drug-likeness (QED) is 0.858. The van der Waals surface area contributed by atoms with Crippen molar-refractivity contribution in [2.45, 2.75) is 51.0 Å². The lowest BCUT2D eigenvalue weighted by atomic mass is 9.75. The van der Waals surface area contributed by atoms with Crippen LogP contribution in [0, 0.1) is 5.92 Å². The molecule has 3 atom stereocenters. The fourth-order valence-electron chi connectivity index (χ4n) is 3.63. The van der Waals surface area contributed by atoms with Crippen LogP contribution in [-0.4, -0.2) is 31.1 Å². The van der Waals surface area contributed by atoms with Gasteiger partial charge in [-0.05, 0) is 63.2 Å². The SMILES string of the molecule is CCCCN(C)C1CC(c2ccccc2)CCC1CN. The summed E-state index contributed by atoms with van der Waals surface area (Å²) in [5.41, 5.74) is 7.53. The molecule has 2 nitrogen and oxygen atoms in total. The molecular formula is C18H30N2. The summed E-state index contributed by atoms with van der Waals surface area (Å²) in [6, 6.07) is 11.7. The predicted octanol–water partition coefficient (Wildman–Crippen LogP) is 3.63. The van der Waals surface area contributed by atoms with Crippen molar-refractivity contribution in [2.24, 2.45) is 11.7 Å². The molecule has 1 aromatic carbocycles. The largest absolute Gasteiger partial charge is 0.330 e. The van der Waals surface area contributed by atoms with Gasteiger partial charge in [0, 0.05) is 6.04 Å². The van der Waals surface area contributed by atoms with Gasteiger partial charge in [-0.3, -0.25) is 0 Å². The van der Waals surface area contributed by atoms with Crippen molar-refractivity contribution >= 4 is 0 Å². The molecule has 1 fully saturated rings. The van der Waals surface area contributed by atoms with Crippen molar-refractivity contribution in [1.29, 1.82) is 0 Å².